The van der Waals surface area contributed by atoms with E-state index in [0.29, 0.717) is 0 Å². The molecule has 0 aliphatic rings. The number of nitrogens with one attached hydrogen (secondary N) is 1. The van der Waals surface area contributed by atoms with Crippen LogP contribution in [-0.2, 0) is 6.54 Å². The van der Waals surface area contributed by atoms with E-state index in [4.69, 9.17) is 11.5 Å². The number of unbranched alkanes of at least 4 members (excludes halogenated alkanes) is 1. The molecular weight excluding hydrogens is 294 g/mol. The van der Waals surface area contributed by atoms with Gasteiger partial charge in [0, 0.05) is 18.3 Å². The second-order valence-electron chi connectivity index (χ2n) is 5.35. The van der Waals surface area contributed by atoms with Crippen LogP contribution in [0.15, 0.2) is 54.6 Å². The predicted octanol–water partition coefficient (Wildman–Crippen LogP) is 3.85. The van der Waals surface area contributed by atoms with Crippen LogP contribution < -0.4 is 16.8 Å². The van der Waals surface area contributed by atoms with Gasteiger partial charge < -0.3 is 16.8 Å². The summed E-state index contributed by atoms with van der Waals surface area (Å²) in [5.74, 6) is 0. The van der Waals surface area contributed by atoms with Gasteiger partial charge in [0.1, 0.15) is 0 Å². The normalized spacial score (nSPS) is 11.5. The molecule has 0 heterocycles. The molecule has 0 amide bonds. The van der Waals surface area contributed by atoms with E-state index in [0.717, 1.165) is 38.0 Å². The number of hydrogen-bond acceptors (Lipinski definition) is 3. The van der Waals surface area contributed by atoms with Crippen LogP contribution in [0.1, 0.15) is 36.4 Å². The Kier molecular flexibility index (Phi) is 8.60. The average Bonchev–Trinajstić information content (AvgIpc) is 2.54. The molecule has 1 atom stereocenters. The van der Waals surface area contributed by atoms with Crippen LogP contribution in [0.2, 0.25) is 0 Å². The topological polar surface area (TPSA) is 64.1 Å². The van der Waals surface area contributed by atoms with E-state index in [1.54, 1.807) is 0 Å². The van der Waals surface area contributed by atoms with Crippen LogP contribution in [0.4, 0.5) is 5.69 Å². The Labute approximate surface area is 139 Å². The molecule has 120 valence electrons. The van der Waals surface area contributed by atoms with Crippen molar-refractivity contribution >= 4 is 18.1 Å². The van der Waals surface area contributed by atoms with Gasteiger partial charge in [0.15, 0.2) is 0 Å². The lowest BCUT2D eigenvalue weighted by Gasteiger charge is -2.13. The zero-order valence-corrected chi connectivity index (χ0v) is 13.7. The number of benzene rings is 2. The Morgan fingerprint density at radius 3 is 2.23 bits per heavy atom. The summed E-state index contributed by atoms with van der Waals surface area (Å²) in [6.07, 6.45) is 3.13. The largest absolute Gasteiger partial charge is 0.381 e. The highest BCUT2D eigenvalue weighted by atomic mass is 35.5. The van der Waals surface area contributed by atoms with Crippen molar-refractivity contribution in [3.05, 3.63) is 65.7 Å². The summed E-state index contributed by atoms with van der Waals surface area (Å²) < 4.78 is 0. The van der Waals surface area contributed by atoms with Crippen LogP contribution >= 0.6 is 12.4 Å². The van der Waals surface area contributed by atoms with Crippen molar-refractivity contribution < 1.29 is 0 Å². The Balaban J connectivity index is 0.00000242. The standard InChI is InChI=1S/C18H25N3.ClH/c19-13-5-4-8-18(20)16-9-11-17(12-10-16)21-14-15-6-2-1-3-7-15;/h1-3,6-7,9-12,18,21H,4-5,8,13-14,19-20H2;1H/t18-;/m0./s1. The number of rotatable bonds is 8. The number of anilines is 1. The molecule has 2 aromatic carbocycles. The lowest BCUT2D eigenvalue weighted by molar-refractivity contribution is 0.591. The van der Waals surface area contributed by atoms with Gasteiger partial charge in [-0.25, -0.2) is 0 Å². The van der Waals surface area contributed by atoms with Crippen molar-refractivity contribution in [3.8, 4) is 0 Å². The van der Waals surface area contributed by atoms with Gasteiger partial charge >= 0.3 is 0 Å². The highest BCUT2D eigenvalue weighted by Gasteiger charge is 2.05. The first-order valence-corrected chi connectivity index (χ1v) is 7.63. The first-order chi connectivity index (χ1) is 10.3. The van der Waals surface area contributed by atoms with Crippen molar-refractivity contribution in [3.63, 3.8) is 0 Å². The Morgan fingerprint density at radius 2 is 1.59 bits per heavy atom. The first-order valence-electron chi connectivity index (χ1n) is 7.63. The Bertz CT molecular complexity index is 514. The summed E-state index contributed by atoms with van der Waals surface area (Å²) >= 11 is 0. The van der Waals surface area contributed by atoms with E-state index >= 15 is 0 Å². The van der Waals surface area contributed by atoms with E-state index in [9.17, 15) is 0 Å². The monoisotopic (exact) mass is 319 g/mol. The first kappa shape index (κ1) is 18.5. The summed E-state index contributed by atoms with van der Waals surface area (Å²) in [6, 6.07) is 18.9. The van der Waals surface area contributed by atoms with Crippen LogP contribution in [0, 0.1) is 0 Å². The van der Waals surface area contributed by atoms with Crippen LogP contribution in [0.25, 0.3) is 0 Å². The predicted molar refractivity (Wildman–Crippen MR) is 97.3 cm³/mol. The minimum absolute atomic E-state index is 0. The van der Waals surface area contributed by atoms with Crippen molar-refractivity contribution in [1.29, 1.82) is 0 Å². The lowest BCUT2D eigenvalue weighted by Crippen LogP contribution is -2.11. The molecule has 0 aliphatic heterocycles. The zero-order chi connectivity index (χ0) is 14.9. The second-order valence-corrected chi connectivity index (χ2v) is 5.35. The number of halogens is 1. The smallest absolute Gasteiger partial charge is 0.0400 e. The maximum absolute atomic E-state index is 6.19. The van der Waals surface area contributed by atoms with Crippen molar-refractivity contribution in [2.45, 2.75) is 31.8 Å². The molecule has 0 radical (unpaired) electrons. The highest BCUT2D eigenvalue weighted by Crippen LogP contribution is 2.19. The molecule has 0 aromatic heterocycles. The molecule has 0 aliphatic carbocycles. The van der Waals surface area contributed by atoms with Crippen molar-refractivity contribution in [2.24, 2.45) is 11.5 Å². The maximum Gasteiger partial charge on any atom is 0.0400 e. The molecule has 0 spiro atoms. The maximum atomic E-state index is 6.19. The van der Waals surface area contributed by atoms with Gasteiger partial charge in [0.05, 0.1) is 0 Å². The van der Waals surface area contributed by atoms with Gasteiger partial charge in [-0.2, -0.15) is 0 Å². The van der Waals surface area contributed by atoms with E-state index in [1.807, 2.05) is 6.07 Å². The molecule has 0 fully saturated rings. The molecule has 22 heavy (non-hydrogen) atoms. The summed E-state index contributed by atoms with van der Waals surface area (Å²) in [4.78, 5) is 0. The van der Waals surface area contributed by atoms with Crippen LogP contribution in [-0.4, -0.2) is 6.54 Å². The van der Waals surface area contributed by atoms with Gasteiger partial charge in [-0.05, 0) is 42.6 Å². The second kappa shape index (κ2) is 10.2. The quantitative estimate of drug-likeness (QED) is 0.648. The molecule has 0 bridgehead atoms. The molecule has 2 aromatic rings. The molecule has 3 nitrogen and oxygen atoms in total. The lowest BCUT2D eigenvalue weighted by atomic mass is 10.0. The van der Waals surface area contributed by atoms with Gasteiger partial charge in [0.2, 0.25) is 0 Å². The van der Waals surface area contributed by atoms with Gasteiger partial charge in [-0.1, -0.05) is 48.9 Å². The van der Waals surface area contributed by atoms with Gasteiger partial charge in [0.25, 0.3) is 0 Å². The number of nitrogens with two attached hydrogens (primary N) is 2. The van der Waals surface area contributed by atoms with Crippen molar-refractivity contribution in [2.75, 3.05) is 11.9 Å². The number of hydrogen-bond donors (Lipinski definition) is 3. The zero-order valence-electron chi connectivity index (χ0n) is 12.9. The SMILES string of the molecule is Cl.NCCCC[C@H](N)c1ccc(NCc2ccccc2)cc1. The summed E-state index contributed by atoms with van der Waals surface area (Å²) in [6.45, 7) is 1.58. The minimum Gasteiger partial charge on any atom is -0.381 e. The van der Waals surface area contributed by atoms with E-state index in [-0.39, 0.29) is 18.4 Å². The molecule has 0 saturated heterocycles. The van der Waals surface area contributed by atoms with Crippen LogP contribution in [0.3, 0.4) is 0 Å². The third-order valence-corrected chi connectivity index (χ3v) is 3.65. The van der Waals surface area contributed by atoms with Crippen molar-refractivity contribution in [1.82, 2.24) is 0 Å². The fourth-order valence-electron chi connectivity index (χ4n) is 2.32. The summed E-state index contributed by atoms with van der Waals surface area (Å²) in [5, 5.41) is 3.42. The fourth-order valence-corrected chi connectivity index (χ4v) is 2.32. The van der Waals surface area contributed by atoms with E-state index in [2.05, 4.69) is 53.8 Å². The molecule has 2 rings (SSSR count). The highest BCUT2D eigenvalue weighted by molar-refractivity contribution is 5.85. The average molecular weight is 320 g/mol. The van der Waals surface area contributed by atoms with Crippen LogP contribution in [0.5, 0.6) is 0 Å². The third kappa shape index (κ3) is 6.06. The van der Waals surface area contributed by atoms with Gasteiger partial charge in [-0.15, -0.1) is 12.4 Å². The summed E-state index contributed by atoms with van der Waals surface area (Å²) in [5.41, 5.74) is 15.3. The Hall–Kier alpha value is -1.55. The molecule has 0 saturated carbocycles. The van der Waals surface area contributed by atoms with E-state index < -0.39 is 0 Å². The molecule has 5 N–H and O–H groups in total. The van der Waals surface area contributed by atoms with E-state index in [1.165, 1.54) is 11.1 Å². The minimum atomic E-state index is 0. The van der Waals surface area contributed by atoms with Gasteiger partial charge in [-0.3, -0.25) is 0 Å². The molecule has 0 unspecified atom stereocenters. The Morgan fingerprint density at radius 1 is 0.909 bits per heavy atom. The molecule has 4 heteroatoms. The summed E-state index contributed by atoms with van der Waals surface area (Å²) in [7, 11) is 0. The molecular formula is C18H26ClN3. The fraction of sp³-hybridized carbons (Fsp3) is 0.333. The third-order valence-electron chi connectivity index (χ3n) is 3.65.